The van der Waals surface area contributed by atoms with Gasteiger partial charge in [-0.3, -0.25) is 4.79 Å². The average Bonchev–Trinajstić information content (AvgIpc) is 3.37. The molecule has 0 radical (unpaired) electrons. The highest BCUT2D eigenvalue weighted by Gasteiger charge is 2.31. The highest BCUT2D eigenvalue weighted by atomic mass is 16.5. The molecule has 1 unspecified atom stereocenters. The Morgan fingerprint density at radius 3 is 2.32 bits per heavy atom. The zero-order valence-electron chi connectivity index (χ0n) is 17.0. The van der Waals surface area contributed by atoms with Crippen molar-refractivity contribution in [2.45, 2.75) is 25.0 Å². The van der Waals surface area contributed by atoms with E-state index in [0.717, 1.165) is 28.7 Å². The van der Waals surface area contributed by atoms with Crippen LogP contribution in [0.2, 0.25) is 0 Å². The van der Waals surface area contributed by atoms with Crippen LogP contribution >= 0.6 is 0 Å². The Bertz CT molecular complexity index is 946. The number of carbonyl (C=O) groups is 3. The summed E-state index contributed by atoms with van der Waals surface area (Å²) in [6.45, 7) is -0.0601. The molecule has 31 heavy (non-hydrogen) atoms. The maximum absolute atomic E-state index is 12.4. The summed E-state index contributed by atoms with van der Waals surface area (Å²) in [5.74, 6) is -1.47. The van der Waals surface area contributed by atoms with E-state index in [1.54, 1.807) is 0 Å². The molecular weight excluding hydrogens is 400 g/mol. The first-order valence-electron chi connectivity index (χ1n) is 10.3. The third-order valence-electron chi connectivity index (χ3n) is 5.64. The molecule has 1 heterocycles. The Morgan fingerprint density at radius 1 is 1.03 bits per heavy atom. The first-order valence-corrected chi connectivity index (χ1v) is 10.3. The van der Waals surface area contributed by atoms with Crippen LogP contribution in [0.5, 0.6) is 0 Å². The number of ether oxygens (including phenoxy) is 2. The van der Waals surface area contributed by atoms with Crippen molar-refractivity contribution in [2.75, 3.05) is 26.3 Å². The van der Waals surface area contributed by atoms with E-state index in [0.29, 0.717) is 13.0 Å². The van der Waals surface area contributed by atoms with E-state index in [-0.39, 0.29) is 25.0 Å². The molecule has 2 aromatic carbocycles. The second-order valence-corrected chi connectivity index (χ2v) is 7.57. The average molecular weight is 424 g/mol. The predicted octanol–water partition coefficient (Wildman–Crippen LogP) is 2.57. The summed E-state index contributed by atoms with van der Waals surface area (Å²) in [7, 11) is 0. The largest absolute Gasteiger partial charge is 0.480 e. The zero-order chi connectivity index (χ0) is 21.8. The third-order valence-corrected chi connectivity index (χ3v) is 5.64. The Hall–Kier alpha value is -3.39. The fourth-order valence-electron chi connectivity index (χ4n) is 4.26. The number of fused-ring (bicyclic) bond motifs is 3. The van der Waals surface area contributed by atoms with Crippen molar-refractivity contribution in [2.24, 2.45) is 0 Å². The molecule has 8 heteroatoms. The van der Waals surface area contributed by atoms with Crippen molar-refractivity contribution < 1.29 is 29.0 Å². The molecule has 2 aliphatic rings. The van der Waals surface area contributed by atoms with Crippen molar-refractivity contribution in [3.63, 3.8) is 0 Å². The molecule has 2 amide bonds. The highest BCUT2D eigenvalue weighted by molar-refractivity contribution is 5.83. The van der Waals surface area contributed by atoms with E-state index in [1.165, 1.54) is 4.90 Å². The van der Waals surface area contributed by atoms with E-state index in [1.807, 2.05) is 36.4 Å². The molecule has 1 aliphatic carbocycles. The first kappa shape index (κ1) is 20.9. The molecule has 0 spiro atoms. The van der Waals surface area contributed by atoms with Crippen molar-refractivity contribution in [3.8, 4) is 11.1 Å². The minimum atomic E-state index is -1.09. The van der Waals surface area contributed by atoms with Gasteiger partial charge in [0.15, 0.2) is 0 Å². The predicted molar refractivity (Wildman–Crippen MR) is 111 cm³/mol. The molecule has 2 N–H and O–H groups in total. The smallest absolute Gasteiger partial charge is 0.407 e. The Balaban J connectivity index is 1.30. The molecule has 1 atom stereocenters. The lowest BCUT2D eigenvalue weighted by atomic mass is 9.98. The van der Waals surface area contributed by atoms with E-state index in [2.05, 4.69) is 17.4 Å². The molecule has 8 nitrogen and oxygen atoms in total. The lowest BCUT2D eigenvalue weighted by Gasteiger charge is -2.24. The third kappa shape index (κ3) is 4.54. The van der Waals surface area contributed by atoms with Crippen molar-refractivity contribution in [1.82, 2.24) is 10.2 Å². The number of aliphatic carboxylic acids is 1. The standard InChI is InChI=1S/C23H24N2O6/c26-20(25-11-5-10-21(25)30-14-22(27)28)12-24-23(29)31-13-19-17-8-3-1-6-15(17)16-7-2-4-9-18(16)19/h1-4,6-9,19,21H,5,10-14H2,(H,24,29)(H,27,28). The topological polar surface area (TPSA) is 105 Å². The molecule has 0 aromatic heterocycles. The summed E-state index contributed by atoms with van der Waals surface area (Å²) >= 11 is 0. The summed E-state index contributed by atoms with van der Waals surface area (Å²) in [6, 6.07) is 16.1. The van der Waals surface area contributed by atoms with Crippen LogP contribution < -0.4 is 5.32 Å². The SMILES string of the molecule is O=C(O)COC1CCCN1C(=O)CNC(=O)OCC1c2ccccc2-c2ccccc21. The van der Waals surface area contributed by atoms with Crippen molar-refractivity contribution in [1.29, 1.82) is 0 Å². The number of hydrogen-bond donors (Lipinski definition) is 2. The van der Waals surface area contributed by atoms with Gasteiger partial charge in [-0.2, -0.15) is 0 Å². The minimum Gasteiger partial charge on any atom is -0.480 e. The molecule has 1 fully saturated rings. The number of nitrogens with one attached hydrogen (secondary N) is 1. The van der Waals surface area contributed by atoms with Gasteiger partial charge in [-0.1, -0.05) is 48.5 Å². The fourth-order valence-corrected chi connectivity index (χ4v) is 4.26. The highest BCUT2D eigenvalue weighted by Crippen LogP contribution is 2.44. The second kappa shape index (κ2) is 9.18. The summed E-state index contributed by atoms with van der Waals surface area (Å²) in [5.41, 5.74) is 4.51. The van der Waals surface area contributed by atoms with E-state index in [4.69, 9.17) is 14.6 Å². The maximum atomic E-state index is 12.4. The fraction of sp³-hybridized carbons (Fsp3) is 0.348. The summed E-state index contributed by atoms with van der Waals surface area (Å²) < 4.78 is 10.7. The lowest BCUT2D eigenvalue weighted by molar-refractivity contribution is -0.154. The summed E-state index contributed by atoms with van der Waals surface area (Å²) in [6.07, 6.45) is 0.0515. The monoisotopic (exact) mass is 424 g/mol. The molecule has 1 aliphatic heterocycles. The quantitative estimate of drug-likeness (QED) is 0.708. The van der Waals surface area contributed by atoms with Crippen LogP contribution in [0.1, 0.15) is 29.9 Å². The van der Waals surface area contributed by atoms with Gasteiger partial charge in [0.2, 0.25) is 5.91 Å². The second-order valence-electron chi connectivity index (χ2n) is 7.57. The number of nitrogens with zero attached hydrogens (tertiary/aromatic N) is 1. The molecule has 1 saturated heterocycles. The number of benzene rings is 2. The number of rotatable bonds is 7. The van der Waals surface area contributed by atoms with Gasteiger partial charge in [-0.15, -0.1) is 0 Å². The Kier molecular flexibility index (Phi) is 6.18. The van der Waals surface area contributed by atoms with Gasteiger partial charge in [0.25, 0.3) is 0 Å². The minimum absolute atomic E-state index is 0.0544. The van der Waals surface area contributed by atoms with Gasteiger partial charge < -0.3 is 24.8 Å². The summed E-state index contributed by atoms with van der Waals surface area (Å²) in [5, 5.41) is 11.2. The molecule has 0 bridgehead atoms. The number of carbonyl (C=O) groups excluding carboxylic acids is 2. The van der Waals surface area contributed by atoms with Crippen molar-refractivity contribution >= 4 is 18.0 Å². The lowest BCUT2D eigenvalue weighted by Crippen LogP contribution is -2.44. The van der Waals surface area contributed by atoms with Crippen LogP contribution in [0.4, 0.5) is 4.79 Å². The van der Waals surface area contributed by atoms with Crippen LogP contribution in [0.25, 0.3) is 11.1 Å². The van der Waals surface area contributed by atoms with Crippen LogP contribution in [0, 0.1) is 0 Å². The number of carboxylic acids is 1. The maximum Gasteiger partial charge on any atom is 0.407 e. The number of amides is 2. The number of carboxylic acid groups (broad SMARTS) is 1. The van der Waals surface area contributed by atoms with Crippen molar-refractivity contribution in [3.05, 3.63) is 59.7 Å². The van der Waals surface area contributed by atoms with Gasteiger partial charge in [-0.05, 0) is 35.1 Å². The van der Waals surface area contributed by atoms with Crippen LogP contribution in [0.15, 0.2) is 48.5 Å². The Labute approximate surface area is 179 Å². The van der Waals surface area contributed by atoms with Gasteiger partial charge in [0.1, 0.15) is 26.0 Å². The van der Waals surface area contributed by atoms with E-state index < -0.39 is 24.9 Å². The molecule has 0 saturated carbocycles. The van der Waals surface area contributed by atoms with Crippen LogP contribution in [-0.2, 0) is 19.1 Å². The van der Waals surface area contributed by atoms with Crippen LogP contribution in [0.3, 0.4) is 0 Å². The van der Waals surface area contributed by atoms with Gasteiger partial charge in [-0.25, -0.2) is 9.59 Å². The summed E-state index contributed by atoms with van der Waals surface area (Å²) in [4.78, 5) is 36.8. The molecule has 4 rings (SSSR count). The van der Waals surface area contributed by atoms with Crippen LogP contribution in [-0.4, -0.2) is 60.5 Å². The molecule has 162 valence electrons. The van der Waals surface area contributed by atoms with Gasteiger partial charge in [0, 0.05) is 12.5 Å². The molecular formula is C23H24N2O6. The van der Waals surface area contributed by atoms with E-state index in [9.17, 15) is 14.4 Å². The Morgan fingerprint density at radius 2 is 1.68 bits per heavy atom. The van der Waals surface area contributed by atoms with Gasteiger partial charge >= 0.3 is 12.1 Å². The number of alkyl carbamates (subject to hydrolysis) is 1. The molecule has 2 aromatic rings. The first-order chi connectivity index (χ1) is 15.0. The number of likely N-dealkylation sites (tertiary alicyclic amines) is 1. The zero-order valence-corrected chi connectivity index (χ0v) is 17.0. The van der Waals surface area contributed by atoms with E-state index >= 15 is 0 Å². The number of hydrogen-bond acceptors (Lipinski definition) is 5. The normalized spacial score (nSPS) is 17.2. The van der Waals surface area contributed by atoms with Gasteiger partial charge in [0.05, 0.1) is 0 Å².